The van der Waals surface area contributed by atoms with Gasteiger partial charge in [-0.1, -0.05) is 18.2 Å². The molecule has 2 aromatic carbocycles. The maximum absolute atomic E-state index is 14.1. The minimum absolute atomic E-state index is 0.432. The van der Waals surface area contributed by atoms with Crippen LogP contribution in [0.25, 0.3) is 10.9 Å². The molecular weight excluding hydrogens is 401 g/mol. The van der Waals surface area contributed by atoms with Crippen molar-refractivity contribution in [3.8, 4) is 5.75 Å². The van der Waals surface area contributed by atoms with Crippen molar-refractivity contribution in [1.29, 1.82) is 0 Å². The van der Waals surface area contributed by atoms with Crippen molar-refractivity contribution < 1.29 is 17.9 Å². The van der Waals surface area contributed by atoms with E-state index in [0.717, 1.165) is 18.0 Å². The van der Waals surface area contributed by atoms with Crippen LogP contribution in [0.15, 0.2) is 54.6 Å². The molecule has 154 valence electrons. The Morgan fingerprint density at radius 1 is 1.10 bits per heavy atom. The SMILES string of the molecule is COc1cccc(C(Nc2cccc3nc(C)ccc23)C(C)(CCl)C(F)(F)F)c1. The fourth-order valence-corrected chi connectivity index (χ4v) is 3.59. The van der Waals surface area contributed by atoms with E-state index in [0.29, 0.717) is 22.5 Å². The van der Waals surface area contributed by atoms with Gasteiger partial charge < -0.3 is 10.1 Å². The third-order valence-electron chi connectivity index (χ3n) is 5.16. The fraction of sp³-hybridized carbons (Fsp3) is 0.318. The first-order valence-electron chi connectivity index (χ1n) is 9.09. The number of benzene rings is 2. The molecule has 3 rings (SSSR count). The number of nitrogens with zero attached hydrogens (tertiary/aromatic N) is 1. The van der Waals surface area contributed by atoms with E-state index in [-0.39, 0.29) is 0 Å². The van der Waals surface area contributed by atoms with Gasteiger partial charge in [0.2, 0.25) is 0 Å². The van der Waals surface area contributed by atoms with Crippen molar-refractivity contribution in [1.82, 2.24) is 4.98 Å². The number of ether oxygens (including phenoxy) is 1. The van der Waals surface area contributed by atoms with Crippen molar-refractivity contribution in [3.05, 3.63) is 65.9 Å². The Balaban J connectivity index is 2.16. The molecule has 3 aromatic rings. The number of aryl methyl sites for hydroxylation is 1. The highest BCUT2D eigenvalue weighted by molar-refractivity contribution is 6.18. The summed E-state index contributed by atoms with van der Waals surface area (Å²) in [6, 6.07) is 14.5. The van der Waals surface area contributed by atoms with Crippen LogP contribution in [0, 0.1) is 12.3 Å². The lowest BCUT2D eigenvalue weighted by Crippen LogP contribution is -2.45. The van der Waals surface area contributed by atoms with E-state index in [9.17, 15) is 13.2 Å². The van der Waals surface area contributed by atoms with Gasteiger partial charge in [-0.25, -0.2) is 0 Å². The van der Waals surface area contributed by atoms with Crippen LogP contribution in [0.4, 0.5) is 18.9 Å². The smallest absolute Gasteiger partial charge is 0.397 e. The third-order valence-corrected chi connectivity index (χ3v) is 5.72. The number of hydrogen-bond acceptors (Lipinski definition) is 3. The Morgan fingerprint density at radius 3 is 2.48 bits per heavy atom. The molecule has 0 spiro atoms. The topological polar surface area (TPSA) is 34.1 Å². The normalized spacial score (nSPS) is 15.0. The van der Waals surface area contributed by atoms with Crippen LogP contribution in [-0.2, 0) is 0 Å². The van der Waals surface area contributed by atoms with E-state index >= 15 is 0 Å². The van der Waals surface area contributed by atoms with Crippen molar-refractivity contribution in [2.75, 3.05) is 18.3 Å². The van der Waals surface area contributed by atoms with Gasteiger partial charge in [-0.2, -0.15) is 13.2 Å². The molecule has 0 aliphatic rings. The molecule has 0 amide bonds. The summed E-state index contributed by atoms with van der Waals surface area (Å²) in [5.74, 6) is -0.128. The zero-order valence-corrected chi connectivity index (χ0v) is 17.1. The van der Waals surface area contributed by atoms with E-state index < -0.39 is 23.5 Å². The summed E-state index contributed by atoms with van der Waals surface area (Å²) in [6.07, 6.45) is -4.53. The second kappa shape index (κ2) is 8.11. The van der Waals surface area contributed by atoms with Gasteiger partial charge in [0.1, 0.15) is 11.2 Å². The minimum atomic E-state index is -4.53. The van der Waals surface area contributed by atoms with E-state index in [4.69, 9.17) is 16.3 Å². The molecule has 0 bridgehead atoms. The maximum Gasteiger partial charge on any atom is 0.397 e. The average molecular weight is 423 g/mol. The van der Waals surface area contributed by atoms with E-state index in [2.05, 4.69) is 10.3 Å². The van der Waals surface area contributed by atoms with Gasteiger partial charge >= 0.3 is 6.18 Å². The number of nitrogens with one attached hydrogen (secondary N) is 1. The molecule has 0 saturated carbocycles. The zero-order valence-electron chi connectivity index (χ0n) is 16.3. The molecule has 0 fully saturated rings. The standard InChI is InChI=1S/C22H22ClF3N2O/c1-14-10-11-17-18(27-14)8-5-9-19(17)28-20(21(2,13-23)22(24,25)26)15-6-4-7-16(12-15)29-3/h4-12,20,28H,13H2,1-3H3. The number of fused-ring (bicyclic) bond motifs is 1. The molecule has 7 heteroatoms. The first kappa shape index (κ1) is 21.2. The summed E-state index contributed by atoms with van der Waals surface area (Å²) < 4.78 is 47.6. The lowest BCUT2D eigenvalue weighted by molar-refractivity contribution is -0.215. The van der Waals surface area contributed by atoms with Crippen molar-refractivity contribution in [3.63, 3.8) is 0 Å². The molecule has 1 N–H and O–H groups in total. The first-order valence-corrected chi connectivity index (χ1v) is 9.62. The molecule has 0 saturated heterocycles. The Labute approximate surface area is 172 Å². The highest BCUT2D eigenvalue weighted by Crippen LogP contribution is 2.50. The second-order valence-electron chi connectivity index (χ2n) is 7.23. The van der Waals surface area contributed by atoms with E-state index in [1.54, 1.807) is 36.4 Å². The predicted molar refractivity (Wildman–Crippen MR) is 111 cm³/mol. The summed E-state index contributed by atoms with van der Waals surface area (Å²) in [6.45, 7) is 3.00. The summed E-state index contributed by atoms with van der Waals surface area (Å²) in [5, 5.41) is 3.85. The Morgan fingerprint density at radius 2 is 1.83 bits per heavy atom. The van der Waals surface area contributed by atoms with Crippen LogP contribution in [0.3, 0.4) is 0 Å². The van der Waals surface area contributed by atoms with Gasteiger partial charge in [-0.05, 0) is 55.8 Å². The van der Waals surface area contributed by atoms with Crippen molar-refractivity contribution in [2.45, 2.75) is 26.1 Å². The molecule has 3 nitrogen and oxygen atoms in total. The number of halogens is 4. The van der Waals surface area contributed by atoms with Crippen molar-refractivity contribution >= 4 is 28.2 Å². The quantitative estimate of drug-likeness (QED) is 0.459. The van der Waals surface area contributed by atoms with Gasteiger partial charge in [-0.15, -0.1) is 11.6 Å². The Bertz CT molecular complexity index is 1010. The summed E-state index contributed by atoms with van der Waals surface area (Å²) in [7, 11) is 1.48. The van der Waals surface area contributed by atoms with Crippen molar-refractivity contribution in [2.24, 2.45) is 5.41 Å². The second-order valence-corrected chi connectivity index (χ2v) is 7.49. The monoisotopic (exact) mass is 422 g/mol. The summed E-state index contributed by atoms with van der Waals surface area (Å²) >= 11 is 5.91. The zero-order chi connectivity index (χ0) is 21.2. The molecule has 1 aromatic heterocycles. The average Bonchev–Trinajstić information content (AvgIpc) is 2.70. The number of alkyl halides is 4. The summed E-state index contributed by atoms with van der Waals surface area (Å²) in [4.78, 5) is 4.47. The minimum Gasteiger partial charge on any atom is -0.497 e. The highest BCUT2D eigenvalue weighted by Gasteiger charge is 2.56. The van der Waals surface area contributed by atoms with Crippen LogP contribution < -0.4 is 10.1 Å². The first-order chi connectivity index (χ1) is 13.7. The van der Waals surface area contributed by atoms with Crippen LogP contribution in [0.1, 0.15) is 24.2 Å². The number of methoxy groups -OCH3 is 1. The van der Waals surface area contributed by atoms with Crippen LogP contribution >= 0.6 is 11.6 Å². The largest absolute Gasteiger partial charge is 0.497 e. The highest BCUT2D eigenvalue weighted by atomic mass is 35.5. The Kier molecular flexibility index (Phi) is 5.94. The van der Waals surface area contributed by atoms with Crippen LogP contribution in [0.5, 0.6) is 5.75 Å². The number of aromatic nitrogens is 1. The molecule has 0 aliphatic carbocycles. The van der Waals surface area contributed by atoms with E-state index in [1.807, 2.05) is 25.1 Å². The van der Waals surface area contributed by atoms with Gasteiger partial charge in [0, 0.05) is 22.6 Å². The van der Waals surface area contributed by atoms with Crippen LogP contribution in [-0.4, -0.2) is 24.2 Å². The molecular formula is C22H22ClF3N2O. The lowest BCUT2D eigenvalue weighted by atomic mass is 9.79. The number of rotatable bonds is 6. The number of pyridine rings is 1. The van der Waals surface area contributed by atoms with Gasteiger partial charge in [0.15, 0.2) is 0 Å². The summed E-state index contributed by atoms with van der Waals surface area (Å²) in [5.41, 5.74) is 0.311. The van der Waals surface area contributed by atoms with Gasteiger partial charge in [-0.3, -0.25) is 4.98 Å². The molecule has 0 radical (unpaired) electrons. The molecule has 0 aliphatic heterocycles. The van der Waals surface area contributed by atoms with E-state index in [1.165, 1.54) is 7.11 Å². The van der Waals surface area contributed by atoms with Crippen LogP contribution in [0.2, 0.25) is 0 Å². The third kappa shape index (κ3) is 4.13. The number of anilines is 1. The Hall–Kier alpha value is -2.47. The lowest BCUT2D eigenvalue weighted by Gasteiger charge is -2.39. The molecule has 29 heavy (non-hydrogen) atoms. The molecule has 2 atom stereocenters. The van der Waals surface area contributed by atoms with Gasteiger partial charge in [0.05, 0.1) is 18.7 Å². The molecule has 1 heterocycles. The fourth-order valence-electron chi connectivity index (χ4n) is 3.29. The maximum atomic E-state index is 14.1. The van der Waals surface area contributed by atoms with Gasteiger partial charge in [0.25, 0.3) is 0 Å². The number of hydrogen-bond donors (Lipinski definition) is 1. The molecule has 2 unspecified atom stereocenters. The predicted octanol–water partition coefficient (Wildman–Crippen LogP) is 6.51.